The summed E-state index contributed by atoms with van der Waals surface area (Å²) in [5.74, 6) is -0.713. The van der Waals surface area contributed by atoms with Gasteiger partial charge < -0.3 is 10.1 Å². The third-order valence-corrected chi connectivity index (χ3v) is 5.26. The second kappa shape index (κ2) is 8.52. The second-order valence-electron chi connectivity index (χ2n) is 7.26. The van der Waals surface area contributed by atoms with Crippen LogP contribution in [0.2, 0.25) is 0 Å². The van der Waals surface area contributed by atoms with Gasteiger partial charge in [0.15, 0.2) is 5.54 Å². The molecule has 5 nitrogen and oxygen atoms in total. The predicted octanol–water partition coefficient (Wildman–Crippen LogP) is 4.48. The number of ether oxygens (including phenoxy) is 1. The Bertz CT molecular complexity index is 916. The van der Waals surface area contributed by atoms with Gasteiger partial charge in [0.1, 0.15) is 5.70 Å². The molecule has 2 aromatic carbocycles. The normalized spacial score (nSPS) is 18.6. The van der Waals surface area contributed by atoms with E-state index in [4.69, 9.17) is 4.74 Å². The molecule has 0 spiro atoms. The van der Waals surface area contributed by atoms with Crippen molar-refractivity contribution in [2.24, 2.45) is 0 Å². The molecular formula is C24H28N2O3. The zero-order chi connectivity index (χ0) is 21.0. The van der Waals surface area contributed by atoms with Crippen molar-refractivity contribution in [2.45, 2.75) is 46.1 Å². The van der Waals surface area contributed by atoms with Crippen LogP contribution in [0.25, 0.3) is 0 Å². The maximum absolute atomic E-state index is 13.3. The fraction of sp³-hybridized carbons (Fsp3) is 0.333. The summed E-state index contributed by atoms with van der Waals surface area (Å²) >= 11 is 0. The number of nitrogens with one attached hydrogen (secondary N) is 1. The summed E-state index contributed by atoms with van der Waals surface area (Å²) in [5, 5.41) is 3.18. The van der Waals surface area contributed by atoms with E-state index in [0.717, 1.165) is 18.5 Å². The van der Waals surface area contributed by atoms with Crippen molar-refractivity contribution >= 4 is 23.3 Å². The van der Waals surface area contributed by atoms with Crippen LogP contribution in [-0.2, 0) is 27.2 Å². The van der Waals surface area contributed by atoms with Crippen LogP contribution >= 0.6 is 0 Å². The fourth-order valence-corrected chi connectivity index (χ4v) is 3.50. The van der Waals surface area contributed by atoms with E-state index in [2.05, 4.69) is 19.2 Å². The zero-order valence-electron chi connectivity index (χ0n) is 17.5. The molecule has 1 aliphatic rings. The van der Waals surface area contributed by atoms with Crippen molar-refractivity contribution in [3.63, 3.8) is 0 Å². The van der Waals surface area contributed by atoms with Gasteiger partial charge in [0.05, 0.1) is 6.61 Å². The summed E-state index contributed by atoms with van der Waals surface area (Å²) < 4.78 is 5.30. The molecule has 0 saturated carbocycles. The van der Waals surface area contributed by atoms with Gasteiger partial charge in [-0.25, -0.2) is 4.79 Å². The van der Waals surface area contributed by atoms with E-state index in [1.165, 1.54) is 16.0 Å². The number of hydrogen-bond donors (Lipinski definition) is 1. The molecular weight excluding hydrogens is 364 g/mol. The highest BCUT2D eigenvalue weighted by Crippen LogP contribution is 2.35. The van der Waals surface area contributed by atoms with Crippen molar-refractivity contribution in [1.29, 1.82) is 0 Å². The first-order valence-corrected chi connectivity index (χ1v) is 10.1. The fourth-order valence-electron chi connectivity index (χ4n) is 3.50. The number of carbonyl (C=O) groups is 2. The van der Waals surface area contributed by atoms with E-state index in [1.807, 2.05) is 48.5 Å². The Labute approximate surface area is 172 Å². The molecule has 0 aliphatic carbocycles. The SMILES string of the molecule is CCOC(=O)C1(C)C=C(Nc2ccc(CC)cc2)C(=O)N1c1ccc(CC)cc1. The van der Waals surface area contributed by atoms with E-state index in [-0.39, 0.29) is 12.5 Å². The standard InChI is InChI=1S/C24H28N2O3/c1-5-17-8-12-19(13-9-17)25-21-16-24(4,23(28)29-7-3)26(22(21)27)20-14-10-18(6-2)11-15-20/h8-16,25H,5-7H2,1-4H3. The van der Waals surface area contributed by atoms with Gasteiger partial charge in [0.2, 0.25) is 0 Å². The maximum atomic E-state index is 13.3. The molecule has 1 heterocycles. The summed E-state index contributed by atoms with van der Waals surface area (Å²) in [6.07, 6.45) is 3.52. The van der Waals surface area contributed by atoms with Gasteiger partial charge in [-0.05, 0) is 68.2 Å². The smallest absolute Gasteiger partial charge is 0.336 e. The molecule has 0 bridgehead atoms. The van der Waals surface area contributed by atoms with Crippen molar-refractivity contribution in [2.75, 3.05) is 16.8 Å². The molecule has 29 heavy (non-hydrogen) atoms. The minimum absolute atomic E-state index is 0.250. The number of nitrogens with zero attached hydrogens (tertiary/aromatic N) is 1. The number of benzene rings is 2. The Balaban J connectivity index is 1.96. The first-order valence-electron chi connectivity index (χ1n) is 10.1. The third kappa shape index (κ3) is 4.04. The minimum Gasteiger partial charge on any atom is -0.464 e. The minimum atomic E-state index is -1.22. The highest BCUT2D eigenvalue weighted by Gasteiger charge is 2.49. The average Bonchev–Trinajstić information content (AvgIpc) is 2.99. The van der Waals surface area contributed by atoms with Crippen LogP contribution in [0.3, 0.4) is 0 Å². The van der Waals surface area contributed by atoms with Crippen LogP contribution in [0.5, 0.6) is 0 Å². The summed E-state index contributed by atoms with van der Waals surface area (Å²) in [6, 6.07) is 15.6. The predicted molar refractivity (Wildman–Crippen MR) is 116 cm³/mol. The zero-order valence-corrected chi connectivity index (χ0v) is 17.5. The molecule has 0 saturated heterocycles. The van der Waals surface area contributed by atoms with Gasteiger partial charge in [-0.1, -0.05) is 38.1 Å². The van der Waals surface area contributed by atoms with Crippen LogP contribution in [0.1, 0.15) is 38.8 Å². The Morgan fingerprint density at radius 1 is 0.966 bits per heavy atom. The number of carbonyl (C=O) groups excluding carboxylic acids is 2. The Morgan fingerprint density at radius 2 is 1.52 bits per heavy atom. The largest absolute Gasteiger partial charge is 0.464 e. The van der Waals surface area contributed by atoms with Crippen LogP contribution in [0, 0.1) is 0 Å². The molecule has 1 amide bonds. The molecule has 3 rings (SSSR count). The third-order valence-electron chi connectivity index (χ3n) is 5.26. The summed E-state index contributed by atoms with van der Waals surface area (Å²) in [4.78, 5) is 27.6. The van der Waals surface area contributed by atoms with E-state index in [9.17, 15) is 9.59 Å². The van der Waals surface area contributed by atoms with Crippen molar-refractivity contribution in [1.82, 2.24) is 0 Å². The monoisotopic (exact) mass is 392 g/mol. The first-order chi connectivity index (χ1) is 13.9. The lowest BCUT2D eigenvalue weighted by Crippen LogP contribution is -2.51. The van der Waals surface area contributed by atoms with Crippen LogP contribution < -0.4 is 10.2 Å². The van der Waals surface area contributed by atoms with Crippen molar-refractivity contribution in [3.05, 3.63) is 71.4 Å². The number of hydrogen-bond acceptors (Lipinski definition) is 4. The quantitative estimate of drug-likeness (QED) is 0.706. The Kier molecular flexibility index (Phi) is 6.06. The molecule has 0 radical (unpaired) electrons. The average molecular weight is 392 g/mol. The lowest BCUT2D eigenvalue weighted by Gasteiger charge is -2.32. The van der Waals surface area contributed by atoms with Gasteiger partial charge in [0, 0.05) is 11.4 Å². The van der Waals surface area contributed by atoms with Gasteiger partial charge >= 0.3 is 5.97 Å². The highest BCUT2D eigenvalue weighted by molar-refractivity contribution is 6.16. The first kappa shape index (κ1) is 20.6. The lowest BCUT2D eigenvalue weighted by molar-refractivity contribution is -0.147. The van der Waals surface area contributed by atoms with E-state index < -0.39 is 11.5 Å². The molecule has 1 unspecified atom stereocenters. The summed E-state index contributed by atoms with van der Waals surface area (Å²) in [6.45, 7) is 7.90. The highest BCUT2D eigenvalue weighted by atomic mass is 16.5. The molecule has 2 aromatic rings. The Morgan fingerprint density at radius 3 is 2.03 bits per heavy atom. The van der Waals surface area contributed by atoms with Crippen LogP contribution in [0.15, 0.2) is 60.3 Å². The van der Waals surface area contributed by atoms with E-state index in [1.54, 1.807) is 19.9 Å². The Hall–Kier alpha value is -3.08. The lowest BCUT2D eigenvalue weighted by atomic mass is 10.0. The summed E-state index contributed by atoms with van der Waals surface area (Å²) in [5.41, 5.74) is 3.00. The molecule has 1 aliphatic heterocycles. The number of esters is 1. The summed E-state index contributed by atoms with van der Waals surface area (Å²) in [7, 11) is 0. The number of aryl methyl sites for hydroxylation is 2. The molecule has 5 heteroatoms. The van der Waals surface area contributed by atoms with Gasteiger partial charge in [0.25, 0.3) is 5.91 Å². The van der Waals surface area contributed by atoms with Gasteiger partial charge in [-0.2, -0.15) is 0 Å². The van der Waals surface area contributed by atoms with E-state index >= 15 is 0 Å². The van der Waals surface area contributed by atoms with Crippen molar-refractivity contribution in [3.8, 4) is 0 Å². The van der Waals surface area contributed by atoms with E-state index in [0.29, 0.717) is 11.4 Å². The number of rotatable bonds is 7. The number of amides is 1. The van der Waals surface area contributed by atoms with Crippen LogP contribution in [-0.4, -0.2) is 24.0 Å². The van der Waals surface area contributed by atoms with Gasteiger partial charge in [-0.15, -0.1) is 0 Å². The topological polar surface area (TPSA) is 58.6 Å². The van der Waals surface area contributed by atoms with Crippen LogP contribution in [0.4, 0.5) is 11.4 Å². The molecule has 1 atom stereocenters. The maximum Gasteiger partial charge on any atom is 0.336 e. The number of anilines is 2. The van der Waals surface area contributed by atoms with Gasteiger partial charge in [-0.3, -0.25) is 9.69 Å². The molecule has 152 valence electrons. The van der Waals surface area contributed by atoms with Crippen molar-refractivity contribution < 1.29 is 14.3 Å². The molecule has 1 N–H and O–H groups in total. The second-order valence-corrected chi connectivity index (χ2v) is 7.26. The molecule has 0 aromatic heterocycles. The molecule has 0 fully saturated rings.